The number of rotatable bonds is 9. The molecule has 1 aromatic carbocycles. The van der Waals surface area contributed by atoms with Crippen molar-refractivity contribution in [2.24, 2.45) is 11.8 Å². The van der Waals surface area contributed by atoms with Crippen LogP contribution in [0, 0.1) is 11.8 Å². The summed E-state index contributed by atoms with van der Waals surface area (Å²) < 4.78 is 11.2. The molecule has 1 amide bonds. The van der Waals surface area contributed by atoms with Crippen LogP contribution in [-0.2, 0) is 16.0 Å². The number of carboxylic acid groups (broad SMARTS) is 1. The third-order valence-corrected chi connectivity index (χ3v) is 5.07. The second-order valence-electron chi connectivity index (χ2n) is 6.65. The summed E-state index contributed by atoms with van der Waals surface area (Å²) in [5.41, 5.74) is 0.922. The topological polar surface area (TPSA) is 84.9 Å². The summed E-state index contributed by atoms with van der Waals surface area (Å²) in [5.74, 6) is -0.965. The molecule has 0 spiro atoms. The zero-order valence-electron chi connectivity index (χ0n) is 15.9. The van der Waals surface area contributed by atoms with E-state index in [-0.39, 0.29) is 5.91 Å². The third-order valence-electron chi connectivity index (χ3n) is 4.79. The van der Waals surface area contributed by atoms with Gasteiger partial charge >= 0.3 is 5.97 Å². The standard InChI is InChI=1S/C20H28ClNO5/c1-3-26-17-12-13(11-16(21)18(17)27-4-2)9-10-22-19(23)14-7-5-6-8-15(14)20(24)25/h11-12,14-15H,3-10H2,1-2H3,(H,22,23)(H,24,25). The Morgan fingerprint density at radius 3 is 2.44 bits per heavy atom. The first-order valence-electron chi connectivity index (χ1n) is 9.56. The van der Waals surface area contributed by atoms with Crippen LogP contribution in [0.4, 0.5) is 0 Å². The van der Waals surface area contributed by atoms with Crippen LogP contribution >= 0.6 is 11.6 Å². The smallest absolute Gasteiger partial charge is 0.307 e. The molecule has 6 nitrogen and oxygen atoms in total. The maximum atomic E-state index is 12.4. The lowest BCUT2D eigenvalue weighted by Crippen LogP contribution is -2.40. The van der Waals surface area contributed by atoms with Gasteiger partial charge in [0.15, 0.2) is 11.5 Å². The van der Waals surface area contributed by atoms with Crippen LogP contribution in [0.5, 0.6) is 11.5 Å². The van der Waals surface area contributed by atoms with E-state index in [1.54, 1.807) is 0 Å². The van der Waals surface area contributed by atoms with Gasteiger partial charge in [-0.1, -0.05) is 24.4 Å². The van der Waals surface area contributed by atoms with Crippen molar-refractivity contribution in [3.63, 3.8) is 0 Å². The number of halogens is 1. The van der Waals surface area contributed by atoms with Gasteiger partial charge in [-0.2, -0.15) is 0 Å². The number of carbonyl (C=O) groups is 2. The van der Waals surface area contributed by atoms with Gasteiger partial charge in [-0.25, -0.2) is 0 Å². The van der Waals surface area contributed by atoms with Gasteiger partial charge in [0.05, 0.1) is 30.1 Å². The summed E-state index contributed by atoms with van der Waals surface area (Å²) in [7, 11) is 0. The van der Waals surface area contributed by atoms with Gasteiger partial charge in [-0.15, -0.1) is 0 Å². The average molecular weight is 398 g/mol. The summed E-state index contributed by atoms with van der Waals surface area (Å²) in [6.45, 7) is 5.17. The molecule has 1 aromatic rings. The highest BCUT2D eigenvalue weighted by Crippen LogP contribution is 2.37. The predicted octanol–water partition coefficient (Wildman–Crippen LogP) is 3.69. The van der Waals surface area contributed by atoms with E-state index in [1.807, 2.05) is 26.0 Å². The lowest BCUT2D eigenvalue weighted by atomic mass is 9.78. The first-order valence-corrected chi connectivity index (χ1v) is 9.94. The van der Waals surface area contributed by atoms with Crippen molar-refractivity contribution >= 4 is 23.5 Å². The number of carboxylic acids is 1. The van der Waals surface area contributed by atoms with Crippen molar-refractivity contribution in [1.29, 1.82) is 0 Å². The van der Waals surface area contributed by atoms with Gasteiger partial charge in [0.1, 0.15) is 0 Å². The Balaban J connectivity index is 1.97. The van der Waals surface area contributed by atoms with Gasteiger partial charge < -0.3 is 19.9 Å². The van der Waals surface area contributed by atoms with Gasteiger partial charge in [-0.05, 0) is 50.8 Å². The van der Waals surface area contributed by atoms with E-state index in [0.717, 1.165) is 18.4 Å². The first kappa shape index (κ1) is 21.4. The summed E-state index contributed by atoms with van der Waals surface area (Å²) in [5, 5.41) is 12.7. The number of benzene rings is 1. The summed E-state index contributed by atoms with van der Waals surface area (Å²) in [6.07, 6.45) is 3.54. The van der Waals surface area contributed by atoms with Crippen molar-refractivity contribution < 1.29 is 24.2 Å². The second-order valence-corrected chi connectivity index (χ2v) is 7.05. The fraction of sp³-hybridized carbons (Fsp3) is 0.600. The van der Waals surface area contributed by atoms with Crippen molar-refractivity contribution in [3.05, 3.63) is 22.7 Å². The van der Waals surface area contributed by atoms with Crippen LogP contribution in [-0.4, -0.2) is 36.7 Å². The number of nitrogens with one attached hydrogen (secondary N) is 1. The number of amides is 1. The van der Waals surface area contributed by atoms with E-state index in [2.05, 4.69) is 5.32 Å². The highest BCUT2D eigenvalue weighted by atomic mass is 35.5. The molecular weight excluding hydrogens is 370 g/mol. The Labute approximate surface area is 165 Å². The van der Waals surface area contributed by atoms with E-state index in [0.29, 0.717) is 55.5 Å². The Bertz CT molecular complexity index is 664. The molecule has 1 aliphatic rings. The number of hydrogen-bond acceptors (Lipinski definition) is 4. The molecule has 0 saturated heterocycles. The quantitative estimate of drug-likeness (QED) is 0.663. The fourth-order valence-electron chi connectivity index (χ4n) is 3.51. The van der Waals surface area contributed by atoms with Gasteiger partial charge in [0, 0.05) is 6.54 Å². The number of aliphatic carboxylic acids is 1. The molecule has 27 heavy (non-hydrogen) atoms. The molecule has 7 heteroatoms. The van der Waals surface area contributed by atoms with E-state index in [9.17, 15) is 14.7 Å². The Hall–Kier alpha value is -1.95. The average Bonchev–Trinajstić information content (AvgIpc) is 2.64. The molecule has 0 heterocycles. The van der Waals surface area contributed by atoms with Crippen molar-refractivity contribution in [3.8, 4) is 11.5 Å². The summed E-state index contributed by atoms with van der Waals surface area (Å²) >= 11 is 6.31. The lowest BCUT2D eigenvalue weighted by Gasteiger charge is -2.27. The zero-order valence-corrected chi connectivity index (χ0v) is 16.7. The molecule has 0 aliphatic heterocycles. The minimum Gasteiger partial charge on any atom is -0.490 e. The van der Waals surface area contributed by atoms with E-state index in [1.165, 1.54) is 0 Å². The molecule has 1 saturated carbocycles. The highest BCUT2D eigenvalue weighted by Gasteiger charge is 2.35. The van der Waals surface area contributed by atoms with Crippen LogP contribution in [0.2, 0.25) is 5.02 Å². The highest BCUT2D eigenvalue weighted by molar-refractivity contribution is 6.32. The Morgan fingerprint density at radius 1 is 1.15 bits per heavy atom. The molecule has 0 bridgehead atoms. The van der Waals surface area contributed by atoms with Crippen LogP contribution in [0.15, 0.2) is 12.1 Å². The van der Waals surface area contributed by atoms with Crippen LogP contribution in [0.1, 0.15) is 45.1 Å². The normalized spacial score (nSPS) is 19.4. The maximum absolute atomic E-state index is 12.4. The molecular formula is C20H28ClNO5. The van der Waals surface area contributed by atoms with E-state index < -0.39 is 17.8 Å². The second kappa shape index (κ2) is 10.4. The van der Waals surface area contributed by atoms with Gasteiger partial charge in [0.2, 0.25) is 5.91 Å². The van der Waals surface area contributed by atoms with Crippen molar-refractivity contribution in [2.45, 2.75) is 46.0 Å². The number of hydrogen-bond donors (Lipinski definition) is 2. The Kier molecular flexibility index (Phi) is 8.23. The molecule has 1 fully saturated rings. The van der Waals surface area contributed by atoms with Crippen molar-refractivity contribution in [2.75, 3.05) is 19.8 Å². The molecule has 2 N–H and O–H groups in total. The van der Waals surface area contributed by atoms with Gasteiger partial charge in [-0.3, -0.25) is 9.59 Å². The third kappa shape index (κ3) is 5.76. The maximum Gasteiger partial charge on any atom is 0.307 e. The number of carbonyl (C=O) groups excluding carboxylic acids is 1. The summed E-state index contributed by atoms with van der Waals surface area (Å²) in [4.78, 5) is 23.8. The van der Waals surface area contributed by atoms with Crippen LogP contribution in [0.25, 0.3) is 0 Å². The molecule has 2 atom stereocenters. The minimum atomic E-state index is -0.880. The van der Waals surface area contributed by atoms with E-state index >= 15 is 0 Å². The Morgan fingerprint density at radius 2 is 1.81 bits per heavy atom. The minimum absolute atomic E-state index is 0.177. The summed E-state index contributed by atoms with van der Waals surface area (Å²) in [6, 6.07) is 3.68. The molecule has 2 rings (SSSR count). The molecule has 150 valence electrons. The first-order chi connectivity index (χ1) is 13.0. The van der Waals surface area contributed by atoms with Gasteiger partial charge in [0.25, 0.3) is 0 Å². The van der Waals surface area contributed by atoms with Crippen LogP contribution < -0.4 is 14.8 Å². The number of ether oxygens (including phenoxy) is 2. The molecule has 2 unspecified atom stereocenters. The SMILES string of the molecule is CCOc1cc(CCNC(=O)C2CCCCC2C(=O)O)cc(Cl)c1OCC. The lowest BCUT2D eigenvalue weighted by molar-refractivity contribution is -0.148. The monoisotopic (exact) mass is 397 g/mol. The fourth-order valence-corrected chi connectivity index (χ4v) is 3.80. The zero-order chi connectivity index (χ0) is 19.8. The molecule has 0 aromatic heterocycles. The van der Waals surface area contributed by atoms with Crippen molar-refractivity contribution in [1.82, 2.24) is 5.32 Å². The molecule has 1 aliphatic carbocycles. The largest absolute Gasteiger partial charge is 0.490 e. The molecule has 0 radical (unpaired) electrons. The van der Waals surface area contributed by atoms with Crippen LogP contribution in [0.3, 0.4) is 0 Å². The predicted molar refractivity (Wildman–Crippen MR) is 104 cm³/mol. The van der Waals surface area contributed by atoms with E-state index in [4.69, 9.17) is 21.1 Å².